The summed E-state index contributed by atoms with van der Waals surface area (Å²) in [6.45, 7) is -0.0946. The van der Waals surface area contributed by atoms with E-state index in [0.717, 1.165) is 5.56 Å². The van der Waals surface area contributed by atoms with Crippen molar-refractivity contribution in [3.63, 3.8) is 0 Å². The van der Waals surface area contributed by atoms with E-state index in [2.05, 4.69) is 10.3 Å². The van der Waals surface area contributed by atoms with Crippen LogP contribution >= 0.6 is 0 Å². The van der Waals surface area contributed by atoms with Crippen molar-refractivity contribution in [2.24, 2.45) is 0 Å². The summed E-state index contributed by atoms with van der Waals surface area (Å²) in [5.74, 6) is 0.480. The largest absolute Gasteiger partial charge is 0.394 e. The van der Waals surface area contributed by atoms with Crippen molar-refractivity contribution in [2.45, 2.75) is 6.04 Å². The van der Waals surface area contributed by atoms with Gasteiger partial charge in [-0.1, -0.05) is 30.3 Å². The Morgan fingerprint density at radius 2 is 2.00 bits per heavy atom. The molecule has 0 radical (unpaired) electrons. The summed E-state index contributed by atoms with van der Waals surface area (Å²) in [5.41, 5.74) is 0.857. The second-order valence-corrected chi connectivity index (χ2v) is 3.95. The highest BCUT2D eigenvalue weighted by molar-refractivity contribution is 5.42. The maximum Gasteiger partial charge on any atom is 0.287 e. The van der Waals surface area contributed by atoms with Gasteiger partial charge in [-0.25, -0.2) is 4.98 Å². The van der Waals surface area contributed by atoms with Crippen LogP contribution in [0.1, 0.15) is 11.6 Å². The summed E-state index contributed by atoms with van der Waals surface area (Å²) >= 11 is 0. The standard InChI is InChI=1S/C13H13N3O3/c17-9-12(10-4-2-1-3-5-10)15-13-7-6-11(8-14-13)16(18)19/h1-8,12,17H,9H2,(H,14,15). The molecule has 98 valence electrons. The van der Waals surface area contributed by atoms with E-state index in [1.807, 2.05) is 30.3 Å². The number of hydrogen-bond acceptors (Lipinski definition) is 5. The summed E-state index contributed by atoms with van der Waals surface area (Å²) in [6.07, 6.45) is 1.18. The number of nitro groups is 1. The van der Waals surface area contributed by atoms with Crippen LogP contribution in [0.2, 0.25) is 0 Å². The van der Waals surface area contributed by atoms with Crippen LogP contribution in [0.3, 0.4) is 0 Å². The number of rotatable bonds is 5. The smallest absolute Gasteiger partial charge is 0.287 e. The number of aliphatic hydroxyl groups excluding tert-OH is 1. The number of nitrogens with one attached hydrogen (secondary N) is 1. The fourth-order valence-electron chi connectivity index (χ4n) is 1.68. The van der Waals surface area contributed by atoms with Crippen molar-refractivity contribution in [1.29, 1.82) is 0 Å². The lowest BCUT2D eigenvalue weighted by atomic mass is 10.1. The van der Waals surface area contributed by atoms with E-state index >= 15 is 0 Å². The summed E-state index contributed by atoms with van der Waals surface area (Å²) < 4.78 is 0. The third-order valence-corrected chi connectivity index (χ3v) is 2.67. The van der Waals surface area contributed by atoms with Crippen molar-refractivity contribution >= 4 is 11.5 Å². The molecule has 0 saturated heterocycles. The highest BCUT2D eigenvalue weighted by atomic mass is 16.6. The maximum absolute atomic E-state index is 10.5. The Labute approximate surface area is 109 Å². The van der Waals surface area contributed by atoms with Gasteiger partial charge in [-0.15, -0.1) is 0 Å². The minimum Gasteiger partial charge on any atom is -0.394 e. The first-order valence-corrected chi connectivity index (χ1v) is 5.73. The third kappa shape index (κ3) is 3.26. The van der Waals surface area contributed by atoms with Crippen molar-refractivity contribution in [1.82, 2.24) is 4.98 Å². The van der Waals surface area contributed by atoms with Gasteiger partial charge < -0.3 is 10.4 Å². The molecule has 0 bridgehead atoms. The Morgan fingerprint density at radius 1 is 1.26 bits per heavy atom. The zero-order valence-electron chi connectivity index (χ0n) is 10.1. The van der Waals surface area contributed by atoms with E-state index in [9.17, 15) is 15.2 Å². The van der Waals surface area contributed by atoms with Crippen LogP contribution in [0.5, 0.6) is 0 Å². The molecule has 1 heterocycles. The average Bonchev–Trinajstić information content (AvgIpc) is 2.46. The van der Waals surface area contributed by atoms with Gasteiger partial charge in [0.15, 0.2) is 0 Å². The van der Waals surface area contributed by atoms with Crippen molar-refractivity contribution in [3.8, 4) is 0 Å². The van der Waals surface area contributed by atoms with Crippen LogP contribution < -0.4 is 5.32 Å². The molecule has 0 aliphatic heterocycles. The Hall–Kier alpha value is -2.47. The van der Waals surface area contributed by atoms with Gasteiger partial charge in [0.1, 0.15) is 12.0 Å². The Morgan fingerprint density at radius 3 is 2.53 bits per heavy atom. The summed E-state index contributed by atoms with van der Waals surface area (Å²) in [5, 5.41) is 22.9. The van der Waals surface area contributed by atoms with Crippen molar-refractivity contribution in [2.75, 3.05) is 11.9 Å². The first kappa shape index (κ1) is 13.0. The molecule has 1 unspecified atom stereocenters. The molecule has 1 atom stereocenters. The third-order valence-electron chi connectivity index (χ3n) is 2.67. The molecule has 0 fully saturated rings. The number of anilines is 1. The lowest BCUT2D eigenvalue weighted by Gasteiger charge is -2.17. The minimum absolute atomic E-state index is 0.0641. The van der Waals surface area contributed by atoms with Gasteiger partial charge in [0, 0.05) is 6.07 Å². The van der Waals surface area contributed by atoms with E-state index in [1.54, 1.807) is 0 Å². The summed E-state index contributed by atoms with van der Waals surface area (Å²) in [4.78, 5) is 14.0. The highest BCUT2D eigenvalue weighted by Gasteiger charge is 2.11. The zero-order valence-corrected chi connectivity index (χ0v) is 10.1. The fourth-order valence-corrected chi connectivity index (χ4v) is 1.68. The van der Waals surface area contributed by atoms with Crippen molar-refractivity contribution in [3.05, 3.63) is 64.3 Å². The van der Waals surface area contributed by atoms with Crippen LogP contribution in [-0.4, -0.2) is 21.6 Å². The Bertz CT molecular complexity index is 543. The zero-order chi connectivity index (χ0) is 13.7. The molecule has 0 saturated carbocycles. The van der Waals surface area contributed by atoms with Gasteiger partial charge in [0.05, 0.1) is 17.6 Å². The van der Waals surface area contributed by atoms with E-state index in [0.29, 0.717) is 5.82 Å². The van der Waals surface area contributed by atoms with E-state index in [-0.39, 0.29) is 18.3 Å². The molecule has 0 aliphatic carbocycles. The fraction of sp³-hybridized carbons (Fsp3) is 0.154. The molecule has 6 nitrogen and oxygen atoms in total. The van der Waals surface area contributed by atoms with E-state index < -0.39 is 4.92 Å². The van der Waals surface area contributed by atoms with Gasteiger partial charge in [0.25, 0.3) is 5.69 Å². The molecule has 1 aromatic carbocycles. The highest BCUT2D eigenvalue weighted by Crippen LogP contribution is 2.19. The van der Waals surface area contributed by atoms with Gasteiger partial charge >= 0.3 is 0 Å². The monoisotopic (exact) mass is 259 g/mol. The molecule has 19 heavy (non-hydrogen) atoms. The first-order valence-electron chi connectivity index (χ1n) is 5.73. The normalized spacial score (nSPS) is 11.8. The SMILES string of the molecule is O=[N+]([O-])c1ccc(NC(CO)c2ccccc2)nc1. The lowest BCUT2D eigenvalue weighted by molar-refractivity contribution is -0.385. The predicted octanol–water partition coefficient (Wildman–Crippen LogP) is 2.14. The number of pyridine rings is 1. The topological polar surface area (TPSA) is 88.3 Å². The number of nitrogens with zero attached hydrogens (tertiary/aromatic N) is 2. The predicted molar refractivity (Wildman–Crippen MR) is 70.8 cm³/mol. The molecule has 6 heteroatoms. The second-order valence-electron chi connectivity index (χ2n) is 3.95. The lowest BCUT2D eigenvalue weighted by Crippen LogP contribution is -2.15. The quantitative estimate of drug-likeness (QED) is 0.634. The van der Waals surface area contributed by atoms with Gasteiger partial charge in [-0.3, -0.25) is 10.1 Å². The number of aromatic nitrogens is 1. The molecule has 0 spiro atoms. The molecule has 0 amide bonds. The van der Waals surface area contributed by atoms with E-state index in [1.165, 1.54) is 18.3 Å². The van der Waals surface area contributed by atoms with Crippen LogP contribution in [-0.2, 0) is 0 Å². The molecule has 2 N–H and O–H groups in total. The summed E-state index contributed by atoms with van der Waals surface area (Å²) in [6, 6.07) is 12.0. The Balaban J connectivity index is 2.12. The van der Waals surface area contributed by atoms with Crippen LogP contribution in [0.15, 0.2) is 48.7 Å². The van der Waals surface area contributed by atoms with E-state index in [4.69, 9.17) is 0 Å². The van der Waals surface area contributed by atoms with Crippen LogP contribution in [0.25, 0.3) is 0 Å². The average molecular weight is 259 g/mol. The maximum atomic E-state index is 10.5. The molecular weight excluding hydrogens is 246 g/mol. The first-order chi connectivity index (χ1) is 9.20. The summed E-state index contributed by atoms with van der Waals surface area (Å²) in [7, 11) is 0. The number of aliphatic hydroxyl groups is 1. The second kappa shape index (κ2) is 5.92. The number of hydrogen-bond donors (Lipinski definition) is 2. The molecule has 2 rings (SSSR count). The molecule has 1 aromatic heterocycles. The molecular formula is C13H13N3O3. The van der Waals surface area contributed by atoms with Crippen molar-refractivity contribution < 1.29 is 10.0 Å². The molecule has 2 aromatic rings. The van der Waals surface area contributed by atoms with Gasteiger partial charge in [0.2, 0.25) is 0 Å². The van der Waals surface area contributed by atoms with Crippen LogP contribution in [0, 0.1) is 10.1 Å². The van der Waals surface area contributed by atoms with Gasteiger partial charge in [-0.05, 0) is 11.6 Å². The minimum atomic E-state index is -0.502. The van der Waals surface area contributed by atoms with Gasteiger partial charge in [-0.2, -0.15) is 0 Å². The van der Waals surface area contributed by atoms with Crippen LogP contribution in [0.4, 0.5) is 11.5 Å². The Kier molecular flexibility index (Phi) is 4.04. The number of benzene rings is 1. The molecule has 0 aliphatic rings.